The van der Waals surface area contributed by atoms with Crippen molar-refractivity contribution in [3.8, 4) is 0 Å². The minimum atomic E-state index is -1.70. The average molecular weight is 490 g/mol. The molecule has 0 heterocycles. The van der Waals surface area contributed by atoms with Gasteiger partial charge in [0, 0.05) is 26.5 Å². The summed E-state index contributed by atoms with van der Waals surface area (Å²) < 4.78 is 0. The number of oxime groups is 1. The maximum absolute atomic E-state index is 12.8. The van der Waals surface area contributed by atoms with Gasteiger partial charge in [0.15, 0.2) is 11.4 Å². The third kappa shape index (κ3) is 6.74. The minimum absolute atomic E-state index is 0.0101. The highest BCUT2D eigenvalue weighted by molar-refractivity contribution is 7.99. The van der Waals surface area contributed by atoms with Crippen molar-refractivity contribution in [2.45, 2.75) is 49.5 Å². The van der Waals surface area contributed by atoms with Crippen LogP contribution in [0.15, 0.2) is 87.7 Å². The largest absolute Gasteiger partial charge is 0.379 e. The van der Waals surface area contributed by atoms with Crippen LogP contribution in [0.25, 0.3) is 0 Å². The van der Waals surface area contributed by atoms with Gasteiger partial charge < -0.3 is 9.94 Å². The molecule has 0 unspecified atom stereocenters. The number of aliphatic hydroxyl groups is 1. The van der Waals surface area contributed by atoms with Gasteiger partial charge in [-0.15, -0.1) is 0 Å². The molecule has 0 fully saturated rings. The van der Waals surface area contributed by atoms with Gasteiger partial charge in [0.1, 0.15) is 5.71 Å². The summed E-state index contributed by atoms with van der Waals surface area (Å²) >= 11 is 1.51. The van der Waals surface area contributed by atoms with Crippen LogP contribution in [0.3, 0.4) is 0 Å². The van der Waals surface area contributed by atoms with E-state index >= 15 is 0 Å². The van der Waals surface area contributed by atoms with Gasteiger partial charge >= 0.3 is 5.97 Å². The first-order valence-corrected chi connectivity index (χ1v) is 12.0. The molecular weight excluding hydrogens is 462 g/mol. The monoisotopic (exact) mass is 489 g/mol. The number of nitrogens with zero attached hydrogens (tertiary/aromatic N) is 1. The second-order valence-corrected chi connectivity index (χ2v) is 9.60. The van der Waals surface area contributed by atoms with Crippen LogP contribution in [0, 0.1) is 6.92 Å². The molecule has 0 atom stereocenters. The van der Waals surface area contributed by atoms with Gasteiger partial charge in [-0.2, -0.15) is 0 Å². The van der Waals surface area contributed by atoms with Crippen molar-refractivity contribution >= 4 is 35.0 Å². The number of ketones is 2. The molecule has 0 aliphatic carbocycles. The highest BCUT2D eigenvalue weighted by Gasteiger charge is 2.27. The lowest BCUT2D eigenvalue weighted by Gasteiger charge is -2.12. The van der Waals surface area contributed by atoms with Crippen LogP contribution in [-0.4, -0.2) is 34.0 Å². The zero-order chi connectivity index (χ0) is 25.6. The summed E-state index contributed by atoms with van der Waals surface area (Å²) in [6, 6.07) is 21.9. The van der Waals surface area contributed by atoms with E-state index in [1.165, 1.54) is 25.6 Å². The van der Waals surface area contributed by atoms with Crippen LogP contribution in [0.5, 0.6) is 0 Å². The Kier molecular flexibility index (Phi) is 8.38. The number of hydrogen-bond acceptors (Lipinski definition) is 7. The van der Waals surface area contributed by atoms with Crippen molar-refractivity contribution in [2.24, 2.45) is 5.16 Å². The molecule has 0 saturated carbocycles. The molecule has 0 saturated heterocycles. The van der Waals surface area contributed by atoms with Crippen molar-refractivity contribution in [3.05, 3.63) is 95.1 Å². The summed E-state index contributed by atoms with van der Waals surface area (Å²) in [7, 11) is 0. The van der Waals surface area contributed by atoms with Crippen LogP contribution in [-0.2, 0) is 9.63 Å². The number of benzene rings is 3. The standard InChI is InChI=1S/C28H27NO5S/c1-5-24(29-34-27(32)28(3,4)33)26(31)20-12-16-22(17-13-20)35-21-14-10-19(11-15-21)25(30)23-9-7-6-8-18(23)2/h6-17,33H,5H2,1-4H3/b29-24+. The minimum Gasteiger partial charge on any atom is -0.379 e. The molecule has 3 rings (SSSR count). The summed E-state index contributed by atoms with van der Waals surface area (Å²) in [5.74, 6) is -1.30. The third-order valence-electron chi connectivity index (χ3n) is 5.19. The Morgan fingerprint density at radius 2 is 1.43 bits per heavy atom. The fourth-order valence-corrected chi connectivity index (χ4v) is 3.93. The Hall–Kier alpha value is -3.55. The van der Waals surface area contributed by atoms with Crippen molar-refractivity contribution in [3.63, 3.8) is 0 Å². The second-order valence-electron chi connectivity index (χ2n) is 8.45. The zero-order valence-electron chi connectivity index (χ0n) is 20.1. The lowest BCUT2D eigenvalue weighted by atomic mass is 9.99. The topological polar surface area (TPSA) is 93.0 Å². The van der Waals surface area contributed by atoms with Gasteiger partial charge in [-0.3, -0.25) is 9.59 Å². The first-order valence-electron chi connectivity index (χ1n) is 11.1. The maximum atomic E-state index is 12.8. The maximum Gasteiger partial charge on any atom is 0.365 e. The quantitative estimate of drug-likeness (QED) is 0.181. The average Bonchev–Trinajstić information content (AvgIpc) is 2.84. The van der Waals surface area contributed by atoms with Gasteiger partial charge in [-0.05, 0) is 81.3 Å². The summed E-state index contributed by atoms with van der Waals surface area (Å²) in [6.07, 6.45) is 0.266. The third-order valence-corrected chi connectivity index (χ3v) is 6.21. The molecule has 0 spiro atoms. The summed E-state index contributed by atoms with van der Waals surface area (Å²) in [5.41, 5.74) is 1.05. The molecule has 0 aromatic heterocycles. The summed E-state index contributed by atoms with van der Waals surface area (Å²) in [5, 5.41) is 13.3. The smallest absolute Gasteiger partial charge is 0.365 e. The summed E-state index contributed by atoms with van der Waals surface area (Å²) in [6.45, 7) is 6.21. The van der Waals surface area contributed by atoms with Crippen LogP contribution in [0.1, 0.15) is 59.0 Å². The van der Waals surface area contributed by atoms with E-state index < -0.39 is 11.6 Å². The van der Waals surface area contributed by atoms with E-state index in [2.05, 4.69) is 5.16 Å². The molecule has 3 aromatic carbocycles. The second kappa shape index (κ2) is 11.3. The van der Waals surface area contributed by atoms with Crippen molar-refractivity contribution in [1.29, 1.82) is 0 Å². The first kappa shape index (κ1) is 26.1. The Balaban J connectivity index is 1.67. The normalized spacial score (nSPS) is 11.7. The van der Waals surface area contributed by atoms with Crippen molar-refractivity contribution in [2.75, 3.05) is 0 Å². The SMILES string of the molecule is CC/C(=N\OC(=O)C(C)(C)O)C(=O)c1ccc(Sc2ccc(C(=O)c3ccccc3C)cc2)cc1. The van der Waals surface area contributed by atoms with Gasteiger partial charge in [0.05, 0.1) is 0 Å². The van der Waals surface area contributed by atoms with E-state index in [1.54, 1.807) is 19.1 Å². The molecule has 35 heavy (non-hydrogen) atoms. The Morgan fingerprint density at radius 1 is 0.886 bits per heavy atom. The molecule has 7 heteroatoms. The molecule has 6 nitrogen and oxygen atoms in total. The van der Waals surface area contributed by atoms with E-state index in [4.69, 9.17) is 4.84 Å². The van der Waals surface area contributed by atoms with Crippen molar-refractivity contribution < 1.29 is 24.3 Å². The molecular formula is C28H27NO5S. The van der Waals surface area contributed by atoms with E-state index in [0.717, 1.165) is 15.4 Å². The molecule has 0 aliphatic rings. The first-order chi connectivity index (χ1) is 16.6. The fourth-order valence-electron chi connectivity index (χ4n) is 3.11. The lowest BCUT2D eigenvalue weighted by molar-refractivity contribution is -0.161. The van der Waals surface area contributed by atoms with Crippen LogP contribution in [0.4, 0.5) is 0 Å². The van der Waals surface area contributed by atoms with Gasteiger partial charge in [0.25, 0.3) is 0 Å². The number of hydrogen-bond donors (Lipinski definition) is 1. The van der Waals surface area contributed by atoms with E-state index in [9.17, 15) is 19.5 Å². The van der Waals surface area contributed by atoms with Gasteiger partial charge in [-0.1, -0.05) is 48.1 Å². The molecule has 0 bridgehead atoms. The highest BCUT2D eigenvalue weighted by Crippen LogP contribution is 2.28. The van der Waals surface area contributed by atoms with Crippen LogP contribution < -0.4 is 0 Å². The van der Waals surface area contributed by atoms with Crippen LogP contribution >= 0.6 is 11.8 Å². The number of aryl methyl sites for hydroxylation is 1. The number of rotatable bonds is 9. The molecule has 3 aromatic rings. The van der Waals surface area contributed by atoms with E-state index in [1.807, 2.05) is 67.6 Å². The number of carbonyl (C=O) groups excluding carboxylic acids is 3. The predicted molar refractivity (Wildman–Crippen MR) is 136 cm³/mol. The molecule has 0 radical (unpaired) electrons. The number of carbonyl (C=O) groups is 3. The van der Waals surface area contributed by atoms with Gasteiger partial charge in [0.2, 0.25) is 5.78 Å². The molecule has 0 aliphatic heterocycles. The van der Waals surface area contributed by atoms with E-state index in [-0.39, 0.29) is 23.7 Å². The Bertz CT molecular complexity index is 1260. The zero-order valence-corrected chi connectivity index (χ0v) is 20.9. The highest BCUT2D eigenvalue weighted by atomic mass is 32.2. The fraction of sp³-hybridized carbons (Fsp3) is 0.214. The lowest BCUT2D eigenvalue weighted by Crippen LogP contribution is -2.32. The number of Topliss-reactive ketones (excluding diaryl/α,β-unsaturated/α-hetero) is 1. The molecule has 0 amide bonds. The predicted octanol–water partition coefficient (Wildman–Crippen LogP) is 5.64. The molecule has 180 valence electrons. The van der Waals surface area contributed by atoms with Gasteiger partial charge in [-0.25, -0.2) is 4.79 Å². The summed E-state index contributed by atoms with van der Waals surface area (Å²) in [4.78, 5) is 43.8. The molecule has 1 N–H and O–H groups in total. The Labute approximate surface area is 209 Å². The van der Waals surface area contributed by atoms with E-state index in [0.29, 0.717) is 16.7 Å². The van der Waals surface area contributed by atoms with Crippen LogP contribution in [0.2, 0.25) is 0 Å². The van der Waals surface area contributed by atoms with Crippen molar-refractivity contribution in [1.82, 2.24) is 0 Å². The Morgan fingerprint density at radius 3 is 1.94 bits per heavy atom.